The third-order valence-electron chi connectivity index (χ3n) is 3.27. The summed E-state index contributed by atoms with van der Waals surface area (Å²) in [5, 5.41) is 4.28. The van der Waals surface area contributed by atoms with Gasteiger partial charge in [-0.15, -0.1) is 6.58 Å². The van der Waals surface area contributed by atoms with Gasteiger partial charge in [0.05, 0.1) is 25.1 Å². The van der Waals surface area contributed by atoms with Crippen LogP contribution < -0.4 is 14.9 Å². The Hall–Kier alpha value is -2.75. The van der Waals surface area contributed by atoms with E-state index in [4.69, 9.17) is 9.47 Å². The van der Waals surface area contributed by atoms with Gasteiger partial charge in [0.2, 0.25) is 0 Å². The second-order valence-electron chi connectivity index (χ2n) is 5.61. The first-order chi connectivity index (χ1) is 11.6. The first kappa shape index (κ1) is 17.6. The van der Waals surface area contributed by atoms with E-state index in [-0.39, 0.29) is 6.10 Å². The van der Waals surface area contributed by atoms with E-state index in [1.807, 2.05) is 62.4 Å². The number of ether oxygens (including phenoxy) is 2. The highest BCUT2D eigenvalue weighted by Crippen LogP contribution is 2.34. The molecule has 0 amide bonds. The zero-order chi connectivity index (χ0) is 17.4. The van der Waals surface area contributed by atoms with E-state index < -0.39 is 0 Å². The van der Waals surface area contributed by atoms with Crippen molar-refractivity contribution in [1.29, 1.82) is 0 Å². The molecule has 0 unspecified atom stereocenters. The molecule has 0 aliphatic rings. The van der Waals surface area contributed by atoms with Crippen molar-refractivity contribution in [3.63, 3.8) is 0 Å². The SMILES string of the molecule is C=CCc1cc(C=NNc2ccccc2)cc(OC)c1OC(C)C. The van der Waals surface area contributed by atoms with E-state index >= 15 is 0 Å². The Morgan fingerprint density at radius 1 is 1.21 bits per heavy atom. The minimum atomic E-state index is 0.0710. The number of rotatable bonds is 8. The monoisotopic (exact) mass is 324 g/mol. The maximum Gasteiger partial charge on any atom is 0.165 e. The summed E-state index contributed by atoms with van der Waals surface area (Å²) in [6.45, 7) is 7.81. The van der Waals surface area contributed by atoms with E-state index in [0.29, 0.717) is 12.2 Å². The standard InChI is InChI=1S/C20H24N2O2/c1-5-9-17-12-16(13-19(23-4)20(17)24-15(2)3)14-21-22-18-10-7-6-8-11-18/h5-8,10-15,22H,1,9H2,2-4H3. The van der Waals surface area contributed by atoms with Gasteiger partial charge in [-0.25, -0.2) is 0 Å². The highest BCUT2D eigenvalue weighted by atomic mass is 16.5. The molecule has 2 aromatic rings. The summed E-state index contributed by atoms with van der Waals surface area (Å²) in [7, 11) is 1.64. The lowest BCUT2D eigenvalue weighted by Gasteiger charge is -2.17. The van der Waals surface area contributed by atoms with Gasteiger partial charge in [0, 0.05) is 5.56 Å². The first-order valence-electron chi connectivity index (χ1n) is 7.96. The molecule has 0 aromatic heterocycles. The van der Waals surface area contributed by atoms with E-state index in [9.17, 15) is 0 Å². The van der Waals surface area contributed by atoms with Crippen LogP contribution in [0.25, 0.3) is 0 Å². The molecule has 2 aromatic carbocycles. The van der Waals surface area contributed by atoms with Crippen LogP contribution in [-0.2, 0) is 6.42 Å². The van der Waals surface area contributed by atoms with Crippen LogP contribution in [0, 0.1) is 0 Å². The maximum absolute atomic E-state index is 5.92. The average molecular weight is 324 g/mol. The summed E-state index contributed by atoms with van der Waals surface area (Å²) in [5.74, 6) is 1.46. The normalized spacial score (nSPS) is 10.8. The van der Waals surface area contributed by atoms with Crippen molar-refractivity contribution in [2.24, 2.45) is 5.10 Å². The van der Waals surface area contributed by atoms with E-state index in [2.05, 4.69) is 17.1 Å². The molecule has 0 atom stereocenters. The van der Waals surface area contributed by atoms with Crippen LogP contribution in [0.3, 0.4) is 0 Å². The molecule has 1 N–H and O–H groups in total. The predicted octanol–water partition coefficient (Wildman–Crippen LogP) is 4.66. The number of nitrogens with zero attached hydrogens (tertiary/aromatic N) is 1. The number of hydrazone groups is 1. The number of methoxy groups -OCH3 is 1. The fraction of sp³-hybridized carbons (Fsp3) is 0.250. The van der Waals surface area contributed by atoms with Gasteiger partial charge < -0.3 is 9.47 Å². The van der Waals surface area contributed by atoms with Crippen LogP contribution in [-0.4, -0.2) is 19.4 Å². The topological polar surface area (TPSA) is 42.9 Å². The Bertz CT molecular complexity index is 694. The summed E-state index contributed by atoms with van der Waals surface area (Å²) < 4.78 is 11.4. The maximum atomic E-state index is 5.92. The van der Waals surface area contributed by atoms with Crippen molar-refractivity contribution in [3.05, 3.63) is 66.2 Å². The second-order valence-corrected chi connectivity index (χ2v) is 5.61. The molecule has 0 saturated heterocycles. The van der Waals surface area contributed by atoms with E-state index in [0.717, 1.165) is 22.6 Å². The summed E-state index contributed by atoms with van der Waals surface area (Å²) in [6.07, 6.45) is 4.39. The van der Waals surface area contributed by atoms with E-state index in [1.54, 1.807) is 13.3 Å². The highest BCUT2D eigenvalue weighted by Gasteiger charge is 2.13. The zero-order valence-corrected chi connectivity index (χ0v) is 14.5. The number of allylic oxidation sites excluding steroid dienone is 1. The molecule has 0 radical (unpaired) electrons. The number of benzene rings is 2. The number of hydrogen-bond acceptors (Lipinski definition) is 4. The highest BCUT2D eigenvalue weighted by molar-refractivity contribution is 5.82. The summed E-state index contributed by atoms with van der Waals surface area (Å²) in [4.78, 5) is 0. The van der Waals surface area contributed by atoms with Crippen molar-refractivity contribution < 1.29 is 9.47 Å². The molecule has 0 saturated carbocycles. The van der Waals surface area contributed by atoms with Crippen molar-refractivity contribution >= 4 is 11.9 Å². The van der Waals surface area contributed by atoms with Crippen LogP contribution in [0.2, 0.25) is 0 Å². The Kier molecular flexibility index (Phi) is 6.43. The molecule has 4 nitrogen and oxygen atoms in total. The molecule has 0 fully saturated rings. The van der Waals surface area contributed by atoms with Crippen molar-refractivity contribution in [3.8, 4) is 11.5 Å². The van der Waals surface area contributed by atoms with Gasteiger partial charge in [0.1, 0.15) is 0 Å². The number of hydrogen-bond donors (Lipinski definition) is 1. The number of nitrogens with one attached hydrogen (secondary N) is 1. The van der Waals surface area contributed by atoms with Crippen LogP contribution >= 0.6 is 0 Å². The Balaban J connectivity index is 2.26. The number of para-hydroxylation sites is 1. The van der Waals surface area contributed by atoms with Crippen LogP contribution in [0.15, 0.2) is 60.2 Å². The molecule has 0 aliphatic carbocycles. The largest absolute Gasteiger partial charge is 0.493 e. The van der Waals surface area contributed by atoms with Gasteiger partial charge in [0.15, 0.2) is 11.5 Å². The van der Waals surface area contributed by atoms with Gasteiger partial charge in [-0.3, -0.25) is 5.43 Å². The predicted molar refractivity (Wildman–Crippen MR) is 100 cm³/mol. The first-order valence-corrected chi connectivity index (χ1v) is 7.96. The minimum Gasteiger partial charge on any atom is -0.493 e. The molecular weight excluding hydrogens is 300 g/mol. The van der Waals surface area contributed by atoms with Crippen LogP contribution in [0.4, 0.5) is 5.69 Å². The van der Waals surface area contributed by atoms with Crippen molar-refractivity contribution in [2.75, 3.05) is 12.5 Å². The summed E-state index contributed by atoms with van der Waals surface area (Å²) >= 11 is 0. The molecule has 0 bridgehead atoms. The van der Waals surface area contributed by atoms with Gasteiger partial charge in [-0.1, -0.05) is 24.3 Å². The fourth-order valence-corrected chi connectivity index (χ4v) is 2.28. The summed E-state index contributed by atoms with van der Waals surface area (Å²) in [6, 6.07) is 13.8. The van der Waals surface area contributed by atoms with Gasteiger partial charge in [-0.05, 0) is 50.1 Å². The molecule has 24 heavy (non-hydrogen) atoms. The van der Waals surface area contributed by atoms with Gasteiger partial charge in [-0.2, -0.15) is 5.10 Å². The molecule has 0 heterocycles. The smallest absolute Gasteiger partial charge is 0.165 e. The quantitative estimate of drug-likeness (QED) is 0.436. The molecular formula is C20H24N2O2. The van der Waals surface area contributed by atoms with Gasteiger partial charge >= 0.3 is 0 Å². The summed E-state index contributed by atoms with van der Waals surface area (Å²) in [5.41, 5.74) is 5.90. The third-order valence-corrected chi connectivity index (χ3v) is 3.27. The Labute approximate surface area is 143 Å². The molecule has 0 spiro atoms. The van der Waals surface area contributed by atoms with Crippen molar-refractivity contribution in [2.45, 2.75) is 26.4 Å². The van der Waals surface area contributed by atoms with E-state index in [1.165, 1.54) is 0 Å². The third kappa shape index (κ3) is 4.88. The van der Waals surface area contributed by atoms with Crippen molar-refractivity contribution in [1.82, 2.24) is 0 Å². The average Bonchev–Trinajstić information content (AvgIpc) is 2.57. The zero-order valence-electron chi connectivity index (χ0n) is 14.5. The molecule has 126 valence electrons. The van der Waals surface area contributed by atoms with Crippen LogP contribution in [0.5, 0.6) is 11.5 Å². The number of anilines is 1. The molecule has 2 rings (SSSR count). The minimum absolute atomic E-state index is 0.0710. The van der Waals surface area contributed by atoms with Gasteiger partial charge in [0.25, 0.3) is 0 Å². The molecule has 0 aliphatic heterocycles. The molecule has 4 heteroatoms. The Morgan fingerprint density at radius 3 is 2.58 bits per heavy atom. The lowest BCUT2D eigenvalue weighted by atomic mass is 10.1. The fourth-order valence-electron chi connectivity index (χ4n) is 2.28. The Morgan fingerprint density at radius 2 is 1.96 bits per heavy atom. The lowest BCUT2D eigenvalue weighted by Crippen LogP contribution is -2.09. The lowest BCUT2D eigenvalue weighted by molar-refractivity contribution is 0.228. The van der Waals surface area contributed by atoms with Crippen LogP contribution in [0.1, 0.15) is 25.0 Å². The second kappa shape index (κ2) is 8.77.